The summed E-state index contributed by atoms with van der Waals surface area (Å²) in [7, 11) is 1.77. The molecule has 0 amide bonds. The molecule has 1 atom stereocenters. The van der Waals surface area contributed by atoms with Gasteiger partial charge in [-0.05, 0) is 13.8 Å². The Hall–Kier alpha value is -0.900. The van der Waals surface area contributed by atoms with Crippen molar-refractivity contribution in [3.05, 3.63) is 11.6 Å². The van der Waals surface area contributed by atoms with Crippen LogP contribution >= 0.6 is 0 Å². The molecule has 0 saturated carbocycles. The summed E-state index contributed by atoms with van der Waals surface area (Å²) >= 11 is 0. The fraction of sp³-hybridized carbons (Fsp3) is 0.667. The Morgan fingerprint density at radius 2 is 2.20 bits per heavy atom. The van der Waals surface area contributed by atoms with E-state index in [2.05, 4.69) is 10.1 Å². The van der Waals surface area contributed by atoms with Gasteiger partial charge in [-0.3, -0.25) is 4.68 Å². The van der Waals surface area contributed by atoms with Gasteiger partial charge in [0.15, 0.2) is 5.82 Å². The maximum Gasteiger partial charge on any atom is 0.155 e. The van der Waals surface area contributed by atoms with Gasteiger partial charge in [-0.1, -0.05) is 0 Å². The van der Waals surface area contributed by atoms with Crippen molar-refractivity contribution < 1.29 is 5.11 Å². The number of aliphatic hydroxyl groups is 1. The van der Waals surface area contributed by atoms with Crippen molar-refractivity contribution in [2.75, 3.05) is 0 Å². The first-order valence-electron chi connectivity index (χ1n) is 3.17. The van der Waals surface area contributed by atoms with Crippen LogP contribution < -0.4 is 0 Å². The lowest BCUT2D eigenvalue weighted by atomic mass is 10.4. The van der Waals surface area contributed by atoms with E-state index in [-0.39, 0.29) is 0 Å². The van der Waals surface area contributed by atoms with Gasteiger partial charge in [-0.25, -0.2) is 4.98 Å². The van der Waals surface area contributed by atoms with Gasteiger partial charge in [0.25, 0.3) is 0 Å². The first-order valence-corrected chi connectivity index (χ1v) is 3.17. The van der Waals surface area contributed by atoms with E-state index in [1.54, 1.807) is 25.6 Å². The molecule has 1 N–H and O–H groups in total. The monoisotopic (exact) mass is 141 g/mol. The zero-order valence-corrected chi connectivity index (χ0v) is 6.37. The van der Waals surface area contributed by atoms with Crippen molar-refractivity contribution in [2.24, 2.45) is 7.05 Å². The first-order chi connectivity index (χ1) is 4.61. The molecule has 0 aromatic carbocycles. The fourth-order valence-corrected chi connectivity index (χ4v) is 0.893. The summed E-state index contributed by atoms with van der Waals surface area (Å²) in [6.45, 7) is 3.47. The molecule has 1 heterocycles. The minimum atomic E-state index is -0.536. The molecule has 1 aromatic heterocycles. The normalized spacial score (nSPS) is 13.6. The highest BCUT2D eigenvalue weighted by Gasteiger charge is 2.08. The molecule has 0 spiro atoms. The molecule has 56 valence electrons. The van der Waals surface area contributed by atoms with Crippen molar-refractivity contribution in [3.8, 4) is 0 Å². The number of aromatic nitrogens is 3. The summed E-state index contributed by atoms with van der Waals surface area (Å²) in [6.07, 6.45) is -0.536. The van der Waals surface area contributed by atoms with Crippen LogP contribution in [0.25, 0.3) is 0 Å². The molecule has 0 aliphatic rings. The number of nitrogens with zero attached hydrogens (tertiary/aromatic N) is 3. The maximum atomic E-state index is 9.09. The van der Waals surface area contributed by atoms with Gasteiger partial charge in [0.2, 0.25) is 0 Å². The highest BCUT2D eigenvalue weighted by Crippen LogP contribution is 2.06. The van der Waals surface area contributed by atoms with Crippen molar-refractivity contribution >= 4 is 0 Å². The van der Waals surface area contributed by atoms with Crippen LogP contribution in [-0.2, 0) is 7.05 Å². The second kappa shape index (κ2) is 2.38. The Morgan fingerprint density at radius 3 is 2.40 bits per heavy atom. The van der Waals surface area contributed by atoms with Gasteiger partial charge in [0.05, 0.1) is 0 Å². The summed E-state index contributed by atoms with van der Waals surface area (Å²) in [5.41, 5.74) is 0. The molecular formula is C6H11N3O. The second-order valence-electron chi connectivity index (χ2n) is 2.32. The van der Waals surface area contributed by atoms with Crippen molar-refractivity contribution in [2.45, 2.75) is 20.0 Å². The number of aryl methyl sites for hydroxylation is 2. The predicted octanol–water partition coefficient (Wildman–Crippen LogP) is 0.177. The molecule has 1 rings (SSSR count). The molecule has 4 nitrogen and oxygen atoms in total. The van der Waals surface area contributed by atoms with Crippen LogP contribution in [0.15, 0.2) is 0 Å². The quantitative estimate of drug-likeness (QED) is 0.606. The average Bonchev–Trinajstić information content (AvgIpc) is 2.10. The Morgan fingerprint density at radius 1 is 1.60 bits per heavy atom. The van der Waals surface area contributed by atoms with E-state index in [4.69, 9.17) is 5.11 Å². The Kier molecular flexibility index (Phi) is 1.72. The van der Waals surface area contributed by atoms with E-state index < -0.39 is 6.10 Å². The zero-order valence-electron chi connectivity index (χ0n) is 6.37. The molecule has 0 aliphatic carbocycles. The van der Waals surface area contributed by atoms with E-state index in [0.29, 0.717) is 11.6 Å². The maximum absolute atomic E-state index is 9.09. The fourth-order valence-electron chi connectivity index (χ4n) is 0.893. The Labute approximate surface area is 59.5 Å². The van der Waals surface area contributed by atoms with Crippen molar-refractivity contribution in [3.63, 3.8) is 0 Å². The standard InChI is InChI=1S/C6H11N3O/c1-4(10)6-7-5(2)8-9(6)3/h4,10H,1-3H3. The van der Waals surface area contributed by atoms with Crippen LogP contribution in [0.2, 0.25) is 0 Å². The summed E-state index contributed by atoms with van der Waals surface area (Å²) < 4.78 is 1.58. The largest absolute Gasteiger partial charge is 0.385 e. The van der Waals surface area contributed by atoms with Crippen molar-refractivity contribution in [1.29, 1.82) is 0 Å². The zero-order chi connectivity index (χ0) is 7.72. The SMILES string of the molecule is Cc1nc(C(C)O)n(C)n1. The van der Waals surface area contributed by atoms with E-state index in [9.17, 15) is 0 Å². The molecule has 0 fully saturated rings. The summed E-state index contributed by atoms with van der Waals surface area (Å²) in [6, 6.07) is 0. The van der Waals surface area contributed by atoms with Gasteiger partial charge in [0, 0.05) is 7.05 Å². The van der Waals surface area contributed by atoms with E-state index in [0.717, 1.165) is 0 Å². The molecule has 10 heavy (non-hydrogen) atoms. The van der Waals surface area contributed by atoms with Gasteiger partial charge in [0.1, 0.15) is 11.9 Å². The van der Waals surface area contributed by atoms with Crippen LogP contribution in [0, 0.1) is 6.92 Å². The first kappa shape index (κ1) is 7.21. The van der Waals surface area contributed by atoms with Crippen LogP contribution in [0.3, 0.4) is 0 Å². The molecule has 4 heteroatoms. The predicted molar refractivity (Wildman–Crippen MR) is 36.4 cm³/mol. The lowest BCUT2D eigenvalue weighted by molar-refractivity contribution is 0.184. The summed E-state index contributed by atoms with van der Waals surface area (Å²) in [4.78, 5) is 4.01. The van der Waals surface area contributed by atoms with Gasteiger partial charge in [-0.15, -0.1) is 0 Å². The average molecular weight is 141 g/mol. The highest BCUT2D eigenvalue weighted by molar-refractivity contribution is 4.92. The van der Waals surface area contributed by atoms with Gasteiger partial charge < -0.3 is 5.11 Å². The van der Waals surface area contributed by atoms with E-state index >= 15 is 0 Å². The van der Waals surface area contributed by atoms with Crippen LogP contribution in [-0.4, -0.2) is 19.9 Å². The van der Waals surface area contributed by atoms with Crippen LogP contribution in [0.5, 0.6) is 0 Å². The third kappa shape index (κ3) is 1.16. The molecule has 0 aliphatic heterocycles. The lowest BCUT2D eigenvalue weighted by Crippen LogP contribution is -2.02. The molecular weight excluding hydrogens is 130 g/mol. The Balaban J connectivity index is 3.03. The topological polar surface area (TPSA) is 50.9 Å². The van der Waals surface area contributed by atoms with Crippen LogP contribution in [0.1, 0.15) is 24.7 Å². The Bertz CT molecular complexity index is 229. The second-order valence-corrected chi connectivity index (χ2v) is 2.32. The van der Waals surface area contributed by atoms with Crippen molar-refractivity contribution in [1.82, 2.24) is 14.8 Å². The van der Waals surface area contributed by atoms with Crippen LogP contribution in [0.4, 0.5) is 0 Å². The lowest BCUT2D eigenvalue weighted by Gasteiger charge is -1.99. The number of hydrogen-bond acceptors (Lipinski definition) is 3. The molecule has 0 saturated heterocycles. The van der Waals surface area contributed by atoms with Gasteiger partial charge >= 0.3 is 0 Å². The number of aliphatic hydroxyl groups excluding tert-OH is 1. The number of hydrogen-bond donors (Lipinski definition) is 1. The smallest absolute Gasteiger partial charge is 0.155 e. The van der Waals surface area contributed by atoms with Gasteiger partial charge in [-0.2, -0.15) is 5.10 Å². The molecule has 0 radical (unpaired) electrons. The summed E-state index contributed by atoms with van der Waals surface area (Å²) in [5, 5.41) is 13.1. The molecule has 1 aromatic rings. The molecule has 1 unspecified atom stereocenters. The highest BCUT2D eigenvalue weighted by atomic mass is 16.3. The minimum Gasteiger partial charge on any atom is -0.385 e. The van der Waals surface area contributed by atoms with E-state index in [1.165, 1.54) is 0 Å². The number of rotatable bonds is 1. The third-order valence-corrected chi connectivity index (χ3v) is 1.28. The third-order valence-electron chi connectivity index (χ3n) is 1.28. The minimum absolute atomic E-state index is 0.536. The van der Waals surface area contributed by atoms with E-state index in [1.807, 2.05) is 0 Å². The molecule has 0 bridgehead atoms. The summed E-state index contributed by atoms with van der Waals surface area (Å²) in [5.74, 6) is 1.30.